The maximum Gasteiger partial charge on any atom is 0.181 e. The van der Waals surface area contributed by atoms with E-state index in [0.29, 0.717) is 11.6 Å². The van der Waals surface area contributed by atoms with Crippen LogP contribution >= 0.6 is 11.3 Å². The van der Waals surface area contributed by atoms with Gasteiger partial charge in [0.05, 0.1) is 12.1 Å². The zero-order valence-corrected chi connectivity index (χ0v) is 11.1. The molecule has 3 heteroatoms. The molecule has 0 radical (unpaired) electrons. The van der Waals surface area contributed by atoms with Crippen molar-refractivity contribution in [1.82, 2.24) is 0 Å². The number of aromatic hydroxyl groups is 1. The van der Waals surface area contributed by atoms with E-state index in [1.54, 1.807) is 6.21 Å². The Kier molecular flexibility index (Phi) is 3.29. The van der Waals surface area contributed by atoms with Gasteiger partial charge in [-0.2, -0.15) is 0 Å². The van der Waals surface area contributed by atoms with Crippen LogP contribution < -0.4 is 0 Å². The lowest BCUT2D eigenvalue weighted by atomic mass is 10.2. The number of benzene rings is 2. The van der Waals surface area contributed by atoms with E-state index in [0.717, 1.165) is 21.2 Å². The molecule has 0 unspecified atom stereocenters. The number of aliphatic imine (C=N–C) groups is 1. The lowest BCUT2D eigenvalue weighted by Crippen LogP contribution is -1.83. The van der Waals surface area contributed by atoms with Crippen molar-refractivity contribution in [2.24, 2.45) is 4.99 Å². The first kappa shape index (κ1) is 11.9. The van der Waals surface area contributed by atoms with E-state index in [-0.39, 0.29) is 0 Å². The molecule has 0 spiro atoms. The molecule has 3 rings (SSSR count). The van der Waals surface area contributed by atoms with Crippen LogP contribution in [0.4, 0.5) is 0 Å². The monoisotopic (exact) mass is 267 g/mol. The van der Waals surface area contributed by atoms with Crippen LogP contribution in [0.2, 0.25) is 0 Å². The van der Waals surface area contributed by atoms with Crippen LogP contribution in [0.25, 0.3) is 10.1 Å². The summed E-state index contributed by atoms with van der Waals surface area (Å²) in [6.07, 6.45) is 1.77. The molecule has 1 heterocycles. The topological polar surface area (TPSA) is 32.6 Å². The highest BCUT2D eigenvalue weighted by Crippen LogP contribution is 2.35. The van der Waals surface area contributed by atoms with Crippen LogP contribution in [0.5, 0.6) is 5.06 Å². The van der Waals surface area contributed by atoms with Crippen molar-refractivity contribution in [3.05, 3.63) is 65.7 Å². The number of nitrogens with zero attached hydrogens (tertiary/aromatic N) is 1. The van der Waals surface area contributed by atoms with Crippen LogP contribution in [-0.2, 0) is 6.54 Å². The molecular formula is C16H13NOS. The van der Waals surface area contributed by atoms with Crippen molar-refractivity contribution in [1.29, 1.82) is 0 Å². The second-order valence-electron chi connectivity index (χ2n) is 4.27. The van der Waals surface area contributed by atoms with E-state index in [1.165, 1.54) is 11.3 Å². The highest BCUT2D eigenvalue weighted by Gasteiger charge is 2.08. The first-order valence-electron chi connectivity index (χ1n) is 6.09. The van der Waals surface area contributed by atoms with E-state index in [2.05, 4.69) is 4.99 Å². The van der Waals surface area contributed by atoms with Gasteiger partial charge in [-0.1, -0.05) is 59.9 Å². The molecule has 1 N–H and O–H groups in total. The van der Waals surface area contributed by atoms with Crippen molar-refractivity contribution in [3.63, 3.8) is 0 Å². The Morgan fingerprint density at radius 2 is 1.74 bits per heavy atom. The van der Waals surface area contributed by atoms with Gasteiger partial charge < -0.3 is 5.11 Å². The summed E-state index contributed by atoms with van der Waals surface area (Å²) in [4.78, 5) is 4.42. The lowest BCUT2D eigenvalue weighted by molar-refractivity contribution is 0.490. The van der Waals surface area contributed by atoms with Gasteiger partial charge in [0.15, 0.2) is 5.06 Å². The fourth-order valence-corrected chi connectivity index (χ4v) is 2.92. The van der Waals surface area contributed by atoms with E-state index in [1.807, 2.05) is 54.6 Å². The summed E-state index contributed by atoms with van der Waals surface area (Å²) in [5.41, 5.74) is 1.98. The first-order chi connectivity index (χ1) is 9.34. The summed E-state index contributed by atoms with van der Waals surface area (Å²) in [6.45, 7) is 0.629. The van der Waals surface area contributed by atoms with Crippen molar-refractivity contribution in [2.75, 3.05) is 0 Å². The van der Waals surface area contributed by atoms with Gasteiger partial charge in [0.1, 0.15) is 0 Å². The number of hydrogen-bond donors (Lipinski definition) is 1. The molecule has 0 aliphatic heterocycles. The third-order valence-electron chi connectivity index (χ3n) is 2.95. The van der Waals surface area contributed by atoms with Gasteiger partial charge >= 0.3 is 0 Å². The summed E-state index contributed by atoms with van der Waals surface area (Å²) in [6, 6.07) is 18.1. The van der Waals surface area contributed by atoms with E-state index < -0.39 is 0 Å². The molecule has 0 bridgehead atoms. The van der Waals surface area contributed by atoms with Gasteiger partial charge in [-0.25, -0.2) is 0 Å². The molecule has 0 aliphatic rings. The maximum atomic E-state index is 9.96. The lowest BCUT2D eigenvalue weighted by Gasteiger charge is -1.95. The molecule has 3 aromatic rings. The molecular weight excluding hydrogens is 254 g/mol. The Bertz CT molecular complexity index is 716. The summed E-state index contributed by atoms with van der Waals surface area (Å²) in [5.74, 6) is 0. The van der Waals surface area contributed by atoms with E-state index in [9.17, 15) is 5.11 Å². The normalized spacial score (nSPS) is 11.4. The summed E-state index contributed by atoms with van der Waals surface area (Å²) < 4.78 is 1.08. The minimum Gasteiger partial charge on any atom is -0.499 e. The molecule has 0 amide bonds. The average Bonchev–Trinajstić information content (AvgIpc) is 2.76. The smallest absolute Gasteiger partial charge is 0.181 e. The number of thiophene rings is 1. The van der Waals surface area contributed by atoms with Gasteiger partial charge in [-0.15, -0.1) is 0 Å². The largest absolute Gasteiger partial charge is 0.499 e. The van der Waals surface area contributed by atoms with Crippen LogP contribution in [0.15, 0.2) is 59.6 Å². The Hall–Kier alpha value is -2.13. The van der Waals surface area contributed by atoms with E-state index >= 15 is 0 Å². The Morgan fingerprint density at radius 1 is 1.00 bits per heavy atom. The number of hydrogen-bond acceptors (Lipinski definition) is 3. The maximum absolute atomic E-state index is 9.96. The summed E-state index contributed by atoms with van der Waals surface area (Å²) in [5, 5.41) is 11.3. The number of fused-ring (bicyclic) bond motifs is 1. The Balaban J connectivity index is 1.87. The highest BCUT2D eigenvalue weighted by atomic mass is 32.1. The summed E-state index contributed by atoms with van der Waals surface area (Å²) >= 11 is 1.39. The molecule has 0 aliphatic carbocycles. The molecule has 0 saturated carbocycles. The van der Waals surface area contributed by atoms with Crippen LogP contribution in [-0.4, -0.2) is 11.3 Å². The molecule has 2 aromatic carbocycles. The minimum atomic E-state index is 0.331. The van der Waals surface area contributed by atoms with Crippen LogP contribution in [0, 0.1) is 0 Å². The molecule has 0 saturated heterocycles. The third-order valence-corrected chi connectivity index (χ3v) is 3.94. The predicted molar refractivity (Wildman–Crippen MR) is 81.2 cm³/mol. The number of rotatable bonds is 3. The minimum absolute atomic E-state index is 0.331. The molecule has 1 aromatic heterocycles. The highest BCUT2D eigenvalue weighted by molar-refractivity contribution is 7.21. The summed E-state index contributed by atoms with van der Waals surface area (Å²) in [7, 11) is 0. The van der Waals surface area contributed by atoms with Crippen molar-refractivity contribution < 1.29 is 5.11 Å². The Labute approximate surface area is 115 Å². The zero-order chi connectivity index (χ0) is 13.1. The third kappa shape index (κ3) is 2.51. The van der Waals surface area contributed by atoms with Crippen molar-refractivity contribution >= 4 is 27.6 Å². The van der Waals surface area contributed by atoms with Gasteiger partial charge in [-0.3, -0.25) is 4.99 Å². The van der Waals surface area contributed by atoms with Crippen LogP contribution in [0.1, 0.15) is 11.1 Å². The Morgan fingerprint density at radius 3 is 2.58 bits per heavy atom. The van der Waals surface area contributed by atoms with Crippen LogP contribution in [0.3, 0.4) is 0 Å². The molecule has 94 valence electrons. The van der Waals surface area contributed by atoms with Crippen molar-refractivity contribution in [2.45, 2.75) is 6.54 Å². The zero-order valence-electron chi connectivity index (χ0n) is 10.3. The standard InChI is InChI=1S/C16H13NOS/c18-16-14(13-8-4-5-9-15(13)19-16)11-17-10-12-6-2-1-3-7-12/h1-9,11,18H,10H2. The second kappa shape index (κ2) is 5.24. The van der Waals surface area contributed by atoms with Gasteiger partial charge in [0.25, 0.3) is 0 Å². The fourth-order valence-electron chi connectivity index (χ4n) is 2.00. The quantitative estimate of drug-likeness (QED) is 0.708. The average molecular weight is 267 g/mol. The second-order valence-corrected chi connectivity index (χ2v) is 5.30. The first-order valence-corrected chi connectivity index (χ1v) is 6.90. The predicted octanol–water partition coefficient (Wildman–Crippen LogP) is 4.23. The van der Waals surface area contributed by atoms with Gasteiger partial charge in [-0.05, 0) is 11.6 Å². The molecule has 0 fully saturated rings. The van der Waals surface area contributed by atoms with Gasteiger partial charge in [0, 0.05) is 16.3 Å². The molecule has 19 heavy (non-hydrogen) atoms. The SMILES string of the molecule is Oc1sc2ccccc2c1C=NCc1ccccc1. The van der Waals surface area contributed by atoms with E-state index in [4.69, 9.17) is 0 Å². The van der Waals surface area contributed by atoms with Crippen molar-refractivity contribution in [3.8, 4) is 5.06 Å². The molecule has 2 nitrogen and oxygen atoms in total. The molecule has 0 atom stereocenters. The fraction of sp³-hybridized carbons (Fsp3) is 0.0625. The van der Waals surface area contributed by atoms with Gasteiger partial charge in [0.2, 0.25) is 0 Å².